The van der Waals surface area contributed by atoms with Crippen molar-refractivity contribution in [2.24, 2.45) is 0 Å². The minimum Gasteiger partial charge on any atom is -0.480 e. The Morgan fingerprint density at radius 1 is 1.38 bits per heavy atom. The molecule has 1 aromatic rings. The molecule has 0 aromatic carbocycles. The van der Waals surface area contributed by atoms with E-state index in [1.807, 2.05) is 13.0 Å². The molecule has 0 amide bonds. The summed E-state index contributed by atoms with van der Waals surface area (Å²) in [5, 5.41) is 0. The number of aryl methyl sites for hydroxylation is 1. The van der Waals surface area contributed by atoms with E-state index >= 15 is 0 Å². The number of hydrogen-bond acceptors (Lipinski definition) is 3. The molecule has 0 aliphatic heterocycles. The summed E-state index contributed by atoms with van der Waals surface area (Å²) in [5.74, 6) is 0.631. The molecule has 3 nitrogen and oxygen atoms in total. The van der Waals surface area contributed by atoms with Crippen LogP contribution in [0.25, 0.3) is 0 Å². The summed E-state index contributed by atoms with van der Waals surface area (Å²) >= 11 is 0. The van der Waals surface area contributed by atoms with Gasteiger partial charge in [0.2, 0.25) is 5.88 Å². The van der Waals surface area contributed by atoms with E-state index in [9.17, 15) is 0 Å². The molecule has 70 valence electrons. The van der Waals surface area contributed by atoms with Crippen LogP contribution in [0.4, 0.5) is 0 Å². The fraction of sp³-hybridized carbons (Fsp3) is 0.400. The minimum atomic E-state index is 0.631. The maximum absolute atomic E-state index is 5.08. The Morgan fingerprint density at radius 3 is 2.85 bits per heavy atom. The molecule has 0 unspecified atom stereocenters. The largest absolute Gasteiger partial charge is 0.480 e. The SMILES string of the molecule is C/C=C\CCc1nccnc1OC. The zero-order chi connectivity index (χ0) is 9.52. The molecular weight excluding hydrogens is 164 g/mol. The van der Waals surface area contributed by atoms with E-state index in [1.165, 1.54) is 0 Å². The topological polar surface area (TPSA) is 35.0 Å². The van der Waals surface area contributed by atoms with Gasteiger partial charge in [-0.2, -0.15) is 0 Å². The number of aromatic nitrogens is 2. The standard InChI is InChI=1S/C10H14N2O/c1-3-4-5-6-9-10(13-2)12-8-7-11-9/h3-4,7-8H,5-6H2,1-2H3/b4-3-. The predicted molar refractivity (Wildman–Crippen MR) is 51.7 cm³/mol. The van der Waals surface area contributed by atoms with Gasteiger partial charge >= 0.3 is 0 Å². The van der Waals surface area contributed by atoms with Crippen molar-refractivity contribution in [2.45, 2.75) is 19.8 Å². The Bertz CT molecular complexity index is 284. The molecule has 0 aliphatic rings. The molecular formula is C10H14N2O. The van der Waals surface area contributed by atoms with E-state index in [-0.39, 0.29) is 0 Å². The maximum atomic E-state index is 5.08. The normalized spacial score (nSPS) is 10.6. The third kappa shape index (κ3) is 2.86. The van der Waals surface area contributed by atoms with Crippen LogP contribution in [0.2, 0.25) is 0 Å². The van der Waals surface area contributed by atoms with Gasteiger partial charge in [0.05, 0.1) is 7.11 Å². The molecule has 3 heteroatoms. The first-order chi connectivity index (χ1) is 6.38. The van der Waals surface area contributed by atoms with Crippen molar-refractivity contribution in [3.8, 4) is 5.88 Å². The Labute approximate surface area is 78.5 Å². The van der Waals surface area contributed by atoms with E-state index in [0.29, 0.717) is 5.88 Å². The lowest BCUT2D eigenvalue weighted by Gasteiger charge is -2.03. The van der Waals surface area contributed by atoms with Gasteiger partial charge in [0, 0.05) is 12.4 Å². The van der Waals surface area contributed by atoms with Gasteiger partial charge in [-0.3, -0.25) is 4.98 Å². The van der Waals surface area contributed by atoms with Crippen LogP contribution >= 0.6 is 0 Å². The van der Waals surface area contributed by atoms with Crippen LogP contribution in [0, 0.1) is 0 Å². The average Bonchev–Trinajstić information content (AvgIpc) is 2.19. The summed E-state index contributed by atoms with van der Waals surface area (Å²) in [5.41, 5.74) is 0.920. The van der Waals surface area contributed by atoms with E-state index < -0.39 is 0 Å². The summed E-state index contributed by atoms with van der Waals surface area (Å²) in [7, 11) is 1.61. The van der Waals surface area contributed by atoms with Crippen LogP contribution in [-0.4, -0.2) is 17.1 Å². The minimum absolute atomic E-state index is 0.631. The van der Waals surface area contributed by atoms with Gasteiger partial charge in [0.15, 0.2) is 0 Å². The molecule has 0 aliphatic carbocycles. The lowest BCUT2D eigenvalue weighted by atomic mass is 10.2. The van der Waals surface area contributed by atoms with Gasteiger partial charge in [-0.25, -0.2) is 4.98 Å². The van der Waals surface area contributed by atoms with Crippen molar-refractivity contribution in [1.29, 1.82) is 0 Å². The maximum Gasteiger partial charge on any atom is 0.235 e. The van der Waals surface area contributed by atoms with Crippen LogP contribution in [0.5, 0.6) is 5.88 Å². The second kappa shape index (κ2) is 5.30. The summed E-state index contributed by atoms with van der Waals surface area (Å²) in [6, 6.07) is 0. The fourth-order valence-electron chi connectivity index (χ4n) is 1.08. The molecule has 0 spiro atoms. The second-order valence-corrected chi connectivity index (χ2v) is 2.62. The highest BCUT2D eigenvalue weighted by molar-refractivity contribution is 5.17. The number of allylic oxidation sites excluding steroid dienone is 2. The second-order valence-electron chi connectivity index (χ2n) is 2.62. The fourth-order valence-corrected chi connectivity index (χ4v) is 1.08. The zero-order valence-electron chi connectivity index (χ0n) is 8.03. The highest BCUT2D eigenvalue weighted by Crippen LogP contribution is 2.12. The molecule has 0 atom stereocenters. The van der Waals surface area contributed by atoms with E-state index in [2.05, 4.69) is 16.0 Å². The van der Waals surface area contributed by atoms with Gasteiger partial charge in [-0.15, -0.1) is 0 Å². The van der Waals surface area contributed by atoms with Gasteiger partial charge < -0.3 is 4.74 Å². The molecule has 13 heavy (non-hydrogen) atoms. The highest BCUT2D eigenvalue weighted by atomic mass is 16.5. The first kappa shape index (κ1) is 9.71. The van der Waals surface area contributed by atoms with Crippen LogP contribution in [-0.2, 0) is 6.42 Å². The Morgan fingerprint density at radius 2 is 2.15 bits per heavy atom. The molecule has 0 saturated heterocycles. The quantitative estimate of drug-likeness (QED) is 0.661. The van der Waals surface area contributed by atoms with Gasteiger partial charge in [0.1, 0.15) is 5.69 Å². The van der Waals surface area contributed by atoms with Crippen molar-refractivity contribution in [2.75, 3.05) is 7.11 Å². The van der Waals surface area contributed by atoms with E-state index in [4.69, 9.17) is 4.74 Å². The summed E-state index contributed by atoms with van der Waals surface area (Å²) in [4.78, 5) is 8.27. The van der Waals surface area contributed by atoms with Crippen molar-refractivity contribution in [3.63, 3.8) is 0 Å². The summed E-state index contributed by atoms with van der Waals surface area (Å²) in [6.07, 6.45) is 9.31. The lowest BCUT2D eigenvalue weighted by Crippen LogP contribution is -1.97. The number of rotatable bonds is 4. The molecule has 1 aromatic heterocycles. The van der Waals surface area contributed by atoms with Gasteiger partial charge in [-0.1, -0.05) is 12.2 Å². The smallest absolute Gasteiger partial charge is 0.235 e. The molecule has 0 N–H and O–H groups in total. The monoisotopic (exact) mass is 178 g/mol. The summed E-state index contributed by atoms with van der Waals surface area (Å²) in [6.45, 7) is 2.01. The Balaban J connectivity index is 2.64. The summed E-state index contributed by atoms with van der Waals surface area (Å²) < 4.78 is 5.08. The lowest BCUT2D eigenvalue weighted by molar-refractivity contribution is 0.389. The average molecular weight is 178 g/mol. The van der Waals surface area contributed by atoms with Crippen molar-refractivity contribution >= 4 is 0 Å². The molecule has 0 saturated carbocycles. The number of ether oxygens (including phenoxy) is 1. The molecule has 0 fully saturated rings. The zero-order valence-corrected chi connectivity index (χ0v) is 8.03. The van der Waals surface area contributed by atoms with E-state index in [0.717, 1.165) is 18.5 Å². The molecule has 0 radical (unpaired) electrons. The Kier molecular flexibility index (Phi) is 3.96. The van der Waals surface area contributed by atoms with Gasteiger partial charge in [-0.05, 0) is 19.8 Å². The first-order valence-corrected chi connectivity index (χ1v) is 4.33. The van der Waals surface area contributed by atoms with Crippen LogP contribution in [0.3, 0.4) is 0 Å². The molecule has 1 heterocycles. The highest BCUT2D eigenvalue weighted by Gasteiger charge is 2.02. The number of methoxy groups -OCH3 is 1. The van der Waals surface area contributed by atoms with Crippen molar-refractivity contribution < 1.29 is 4.74 Å². The first-order valence-electron chi connectivity index (χ1n) is 4.33. The Hall–Kier alpha value is -1.38. The van der Waals surface area contributed by atoms with Crippen molar-refractivity contribution in [1.82, 2.24) is 9.97 Å². The third-order valence-corrected chi connectivity index (χ3v) is 1.71. The third-order valence-electron chi connectivity index (χ3n) is 1.71. The molecule has 1 rings (SSSR count). The van der Waals surface area contributed by atoms with E-state index in [1.54, 1.807) is 19.5 Å². The van der Waals surface area contributed by atoms with Gasteiger partial charge in [0.25, 0.3) is 0 Å². The van der Waals surface area contributed by atoms with Crippen LogP contribution < -0.4 is 4.74 Å². The molecule has 0 bridgehead atoms. The number of nitrogens with zero attached hydrogens (tertiary/aromatic N) is 2. The van der Waals surface area contributed by atoms with Crippen molar-refractivity contribution in [3.05, 3.63) is 30.2 Å². The predicted octanol–water partition coefficient (Wildman–Crippen LogP) is 1.99. The number of hydrogen-bond donors (Lipinski definition) is 0. The van der Waals surface area contributed by atoms with Crippen LogP contribution in [0.15, 0.2) is 24.5 Å². The van der Waals surface area contributed by atoms with Crippen LogP contribution in [0.1, 0.15) is 19.0 Å².